The first-order valence-electron chi connectivity index (χ1n) is 5.82. The van der Waals surface area contributed by atoms with Crippen molar-refractivity contribution in [2.24, 2.45) is 0 Å². The number of aryl methyl sites for hydroxylation is 1. The molecule has 20 heavy (non-hydrogen) atoms. The van der Waals surface area contributed by atoms with E-state index in [1.807, 2.05) is 0 Å². The molecule has 1 atom stereocenters. The summed E-state index contributed by atoms with van der Waals surface area (Å²) in [5.41, 5.74) is 1.12. The Morgan fingerprint density at radius 1 is 1.35 bits per heavy atom. The van der Waals surface area contributed by atoms with E-state index in [-0.39, 0.29) is 10.0 Å². The van der Waals surface area contributed by atoms with E-state index < -0.39 is 16.1 Å². The molecule has 3 nitrogen and oxygen atoms in total. The summed E-state index contributed by atoms with van der Waals surface area (Å²) in [7, 11) is -3.62. The average Bonchev–Trinajstić information content (AvgIpc) is 2.79. The average molecular weight is 378 g/mol. The van der Waals surface area contributed by atoms with Gasteiger partial charge in [0.05, 0.1) is 0 Å². The van der Waals surface area contributed by atoms with Gasteiger partial charge < -0.3 is 0 Å². The highest BCUT2D eigenvalue weighted by atomic mass is 79.9. The zero-order valence-corrected chi connectivity index (χ0v) is 14.1. The Kier molecular flexibility index (Phi) is 4.63. The van der Waals surface area contributed by atoms with Crippen LogP contribution < -0.4 is 4.72 Å². The Labute approximate surface area is 130 Å². The molecule has 108 valence electrons. The molecule has 0 fully saturated rings. The molecule has 1 heterocycles. The quantitative estimate of drug-likeness (QED) is 0.874. The molecule has 0 saturated carbocycles. The maximum atomic E-state index is 13.5. The Morgan fingerprint density at radius 2 is 2.05 bits per heavy atom. The lowest BCUT2D eigenvalue weighted by molar-refractivity contribution is 0.565. The topological polar surface area (TPSA) is 46.2 Å². The second-order valence-corrected chi connectivity index (χ2v) is 8.09. The summed E-state index contributed by atoms with van der Waals surface area (Å²) >= 11 is 4.33. The number of nitrogens with one attached hydrogen (secondary N) is 1. The molecule has 7 heteroatoms. The van der Waals surface area contributed by atoms with Crippen molar-refractivity contribution in [3.8, 4) is 0 Å². The number of thiophene rings is 1. The van der Waals surface area contributed by atoms with Crippen molar-refractivity contribution in [1.82, 2.24) is 4.72 Å². The number of sulfonamides is 1. The highest BCUT2D eigenvalue weighted by Gasteiger charge is 2.22. The first-order valence-corrected chi connectivity index (χ1v) is 8.98. The molecule has 1 aromatic carbocycles. The molecule has 0 saturated heterocycles. The van der Waals surface area contributed by atoms with Crippen LogP contribution in [0.25, 0.3) is 0 Å². The molecular weight excluding hydrogens is 365 g/mol. The summed E-state index contributed by atoms with van der Waals surface area (Å²) in [6, 6.07) is 5.87. The minimum absolute atomic E-state index is 0.219. The third-order valence-corrected chi connectivity index (χ3v) is 7.07. The van der Waals surface area contributed by atoms with Gasteiger partial charge in [-0.05, 0) is 58.4 Å². The summed E-state index contributed by atoms with van der Waals surface area (Å²) in [5, 5.41) is 1.69. The zero-order valence-electron chi connectivity index (χ0n) is 10.9. The third-order valence-electron chi connectivity index (χ3n) is 2.86. The van der Waals surface area contributed by atoms with Crippen molar-refractivity contribution < 1.29 is 12.8 Å². The summed E-state index contributed by atoms with van der Waals surface area (Å²) in [5.74, 6) is -0.342. The van der Waals surface area contributed by atoms with E-state index >= 15 is 0 Å². The molecule has 0 aliphatic heterocycles. The van der Waals surface area contributed by atoms with E-state index in [9.17, 15) is 12.8 Å². The summed E-state index contributed by atoms with van der Waals surface area (Å²) in [6.45, 7) is 3.35. The molecule has 1 aromatic heterocycles. The minimum Gasteiger partial charge on any atom is -0.207 e. The van der Waals surface area contributed by atoms with E-state index in [4.69, 9.17) is 0 Å². The predicted octanol–water partition coefficient (Wildman–Crippen LogP) is 4.00. The van der Waals surface area contributed by atoms with Gasteiger partial charge in [0.2, 0.25) is 0 Å². The van der Waals surface area contributed by atoms with Gasteiger partial charge in [-0.25, -0.2) is 17.5 Å². The Hall–Kier alpha value is -0.760. The largest absolute Gasteiger partial charge is 0.251 e. The summed E-state index contributed by atoms with van der Waals surface area (Å²) in [6.07, 6.45) is 0. The SMILES string of the molecule is Cc1ccc(C(C)NS(=O)(=O)c2sccc2Br)cc1F. The standard InChI is InChI=1S/C13H13BrFNO2S2/c1-8-3-4-10(7-12(8)15)9(2)16-20(17,18)13-11(14)5-6-19-13/h3-7,9,16H,1-2H3. The van der Waals surface area contributed by atoms with Crippen molar-refractivity contribution in [1.29, 1.82) is 0 Å². The van der Waals surface area contributed by atoms with Crippen molar-refractivity contribution in [2.75, 3.05) is 0 Å². The molecule has 1 unspecified atom stereocenters. The van der Waals surface area contributed by atoms with Gasteiger partial charge in [-0.2, -0.15) is 0 Å². The maximum absolute atomic E-state index is 13.5. The number of benzene rings is 1. The van der Waals surface area contributed by atoms with Crippen LogP contribution in [0.2, 0.25) is 0 Å². The van der Waals surface area contributed by atoms with E-state index in [1.165, 1.54) is 6.07 Å². The first-order chi connectivity index (χ1) is 9.31. The Bertz CT molecular complexity index is 728. The van der Waals surface area contributed by atoms with E-state index in [1.54, 1.807) is 37.4 Å². The maximum Gasteiger partial charge on any atom is 0.251 e. The van der Waals surface area contributed by atoms with Gasteiger partial charge in [0, 0.05) is 10.5 Å². The van der Waals surface area contributed by atoms with Crippen molar-refractivity contribution in [3.05, 3.63) is 51.1 Å². The fraction of sp³-hybridized carbons (Fsp3) is 0.231. The van der Waals surface area contributed by atoms with Crippen molar-refractivity contribution >= 4 is 37.3 Å². The molecule has 0 bridgehead atoms. The number of halogens is 2. The van der Waals surface area contributed by atoms with Crippen LogP contribution in [0.5, 0.6) is 0 Å². The second-order valence-electron chi connectivity index (χ2n) is 4.41. The van der Waals surface area contributed by atoms with Gasteiger partial charge in [-0.3, -0.25) is 0 Å². The van der Waals surface area contributed by atoms with Crippen LogP contribution in [-0.2, 0) is 10.0 Å². The van der Waals surface area contributed by atoms with Gasteiger partial charge in [0.25, 0.3) is 10.0 Å². The van der Waals surface area contributed by atoms with Crippen molar-refractivity contribution in [2.45, 2.75) is 24.1 Å². The van der Waals surface area contributed by atoms with Crippen LogP contribution in [0.3, 0.4) is 0 Å². The van der Waals surface area contributed by atoms with Gasteiger partial charge in [0.15, 0.2) is 0 Å². The number of hydrogen-bond acceptors (Lipinski definition) is 3. The third kappa shape index (κ3) is 3.28. The van der Waals surface area contributed by atoms with Crippen LogP contribution in [0.15, 0.2) is 38.3 Å². The molecular formula is C13H13BrFNO2S2. The lowest BCUT2D eigenvalue weighted by Gasteiger charge is -2.14. The van der Waals surface area contributed by atoms with Gasteiger partial charge in [-0.1, -0.05) is 12.1 Å². The van der Waals surface area contributed by atoms with Crippen LogP contribution in [0.1, 0.15) is 24.1 Å². The van der Waals surface area contributed by atoms with E-state index in [2.05, 4.69) is 20.7 Å². The molecule has 0 aliphatic rings. The number of hydrogen-bond donors (Lipinski definition) is 1. The lowest BCUT2D eigenvalue weighted by atomic mass is 10.1. The molecule has 2 rings (SSSR count). The van der Waals surface area contributed by atoms with Crippen molar-refractivity contribution in [3.63, 3.8) is 0 Å². The first kappa shape index (κ1) is 15.6. The molecule has 2 aromatic rings. The summed E-state index contributed by atoms with van der Waals surface area (Å²) in [4.78, 5) is 0. The fourth-order valence-electron chi connectivity index (χ4n) is 1.70. The smallest absolute Gasteiger partial charge is 0.207 e. The monoisotopic (exact) mass is 377 g/mol. The Morgan fingerprint density at radius 3 is 2.60 bits per heavy atom. The van der Waals surface area contributed by atoms with Crippen LogP contribution in [0.4, 0.5) is 4.39 Å². The number of rotatable bonds is 4. The molecule has 0 spiro atoms. The van der Waals surface area contributed by atoms with E-state index in [0.29, 0.717) is 15.6 Å². The van der Waals surface area contributed by atoms with Gasteiger partial charge in [0.1, 0.15) is 10.0 Å². The lowest BCUT2D eigenvalue weighted by Crippen LogP contribution is -2.26. The molecule has 0 radical (unpaired) electrons. The molecule has 1 N–H and O–H groups in total. The predicted molar refractivity (Wildman–Crippen MR) is 81.9 cm³/mol. The second kappa shape index (κ2) is 5.93. The zero-order chi connectivity index (χ0) is 14.9. The fourth-order valence-corrected chi connectivity index (χ4v) is 5.29. The normalized spacial score (nSPS) is 13.4. The van der Waals surface area contributed by atoms with E-state index in [0.717, 1.165) is 11.3 Å². The molecule has 0 amide bonds. The highest BCUT2D eigenvalue weighted by molar-refractivity contribution is 9.10. The van der Waals surface area contributed by atoms with Crippen LogP contribution in [-0.4, -0.2) is 8.42 Å². The molecule has 0 aliphatic carbocycles. The Balaban J connectivity index is 2.25. The van der Waals surface area contributed by atoms with Crippen LogP contribution >= 0.6 is 27.3 Å². The van der Waals surface area contributed by atoms with Gasteiger partial charge >= 0.3 is 0 Å². The van der Waals surface area contributed by atoms with Crippen LogP contribution in [0, 0.1) is 12.7 Å². The summed E-state index contributed by atoms with van der Waals surface area (Å²) < 4.78 is 41.3. The highest BCUT2D eigenvalue weighted by Crippen LogP contribution is 2.29. The minimum atomic E-state index is -3.62. The van der Waals surface area contributed by atoms with Gasteiger partial charge in [-0.15, -0.1) is 11.3 Å².